The summed E-state index contributed by atoms with van der Waals surface area (Å²) < 4.78 is 9.95. The van der Waals surface area contributed by atoms with Crippen LogP contribution in [0, 0.1) is 0 Å². The highest BCUT2D eigenvalue weighted by Gasteiger charge is 2.24. The summed E-state index contributed by atoms with van der Waals surface area (Å²) in [5.74, 6) is -2.28. The number of carbonyl (C=O) groups is 3. The summed E-state index contributed by atoms with van der Waals surface area (Å²) in [7, 11) is 0. The van der Waals surface area contributed by atoms with Gasteiger partial charge in [-0.05, 0) is 37.5 Å². The van der Waals surface area contributed by atoms with Crippen molar-refractivity contribution >= 4 is 17.5 Å². The third-order valence-corrected chi connectivity index (χ3v) is 3.15. The van der Waals surface area contributed by atoms with Crippen molar-refractivity contribution in [2.24, 2.45) is 0 Å². The van der Waals surface area contributed by atoms with Crippen LogP contribution in [0.15, 0.2) is 12.1 Å². The molecule has 1 aliphatic rings. The van der Waals surface area contributed by atoms with Gasteiger partial charge in [0.1, 0.15) is 11.5 Å². The molecule has 0 spiro atoms. The van der Waals surface area contributed by atoms with Crippen molar-refractivity contribution in [3.63, 3.8) is 0 Å². The van der Waals surface area contributed by atoms with Crippen LogP contribution in [0.5, 0.6) is 11.5 Å². The summed E-state index contributed by atoms with van der Waals surface area (Å²) in [5, 5.41) is 9.89. The zero-order valence-corrected chi connectivity index (χ0v) is 11.7. The first-order chi connectivity index (χ1) is 10.0. The van der Waals surface area contributed by atoms with Crippen LogP contribution in [-0.4, -0.2) is 35.9 Å². The minimum Gasteiger partial charge on any atom is -0.507 e. The second-order valence-electron chi connectivity index (χ2n) is 4.67. The predicted molar refractivity (Wildman–Crippen MR) is 72.5 cm³/mol. The molecule has 1 heterocycles. The molecule has 0 radical (unpaired) electrons. The van der Waals surface area contributed by atoms with Crippen molar-refractivity contribution in [1.82, 2.24) is 0 Å². The predicted octanol–water partition coefficient (Wildman–Crippen LogP) is 1.42. The van der Waals surface area contributed by atoms with Gasteiger partial charge in [0.25, 0.3) is 0 Å². The van der Waals surface area contributed by atoms with Gasteiger partial charge in [0, 0.05) is 0 Å². The molecule has 0 saturated heterocycles. The summed E-state index contributed by atoms with van der Waals surface area (Å²) in [6.07, 6.45) is 0.978. The van der Waals surface area contributed by atoms with Gasteiger partial charge in [-0.25, -0.2) is 4.79 Å². The van der Waals surface area contributed by atoms with Crippen molar-refractivity contribution in [2.75, 3.05) is 13.2 Å². The second kappa shape index (κ2) is 6.39. The zero-order valence-electron chi connectivity index (χ0n) is 11.7. The number of fused-ring (bicyclic) bond motifs is 1. The van der Waals surface area contributed by atoms with E-state index in [4.69, 9.17) is 4.74 Å². The third-order valence-electron chi connectivity index (χ3n) is 3.15. The molecule has 1 aromatic carbocycles. The normalized spacial score (nSPS) is 13.0. The van der Waals surface area contributed by atoms with E-state index in [0.29, 0.717) is 12.4 Å². The minimum absolute atomic E-state index is 0.0201. The number of ether oxygens (including phenoxy) is 2. The van der Waals surface area contributed by atoms with Crippen LogP contribution in [0.1, 0.15) is 35.7 Å². The highest BCUT2D eigenvalue weighted by atomic mass is 16.5. The molecule has 0 bridgehead atoms. The highest BCUT2D eigenvalue weighted by Crippen LogP contribution is 2.32. The fourth-order valence-electron chi connectivity index (χ4n) is 2.13. The number of aryl methyl sites for hydroxylation is 1. The molecule has 2 rings (SSSR count). The fraction of sp³-hybridized carbons (Fsp3) is 0.400. The fourth-order valence-corrected chi connectivity index (χ4v) is 2.13. The van der Waals surface area contributed by atoms with E-state index in [1.54, 1.807) is 6.92 Å². The van der Waals surface area contributed by atoms with E-state index in [1.165, 1.54) is 12.1 Å². The maximum absolute atomic E-state index is 12.0. The van der Waals surface area contributed by atoms with Crippen molar-refractivity contribution in [2.45, 2.75) is 26.2 Å². The molecule has 6 heteroatoms. The monoisotopic (exact) mass is 292 g/mol. The van der Waals surface area contributed by atoms with E-state index >= 15 is 0 Å². The molecule has 0 aromatic heterocycles. The molecular formula is C15H16O6. The number of benzene rings is 1. The molecule has 0 amide bonds. The Labute approximate surface area is 121 Å². The first-order valence-corrected chi connectivity index (χ1v) is 6.74. The van der Waals surface area contributed by atoms with Crippen LogP contribution in [0.4, 0.5) is 0 Å². The summed E-state index contributed by atoms with van der Waals surface area (Å²) in [5.41, 5.74) is 0.806. The quantitative estimate of drug-likeness (QED) is 0.382. The van der Waals surface area contributed by atoms with Gasteiger partial charge < -0.3 is 14.6 Å². The average Bonchev–Trinajstić information content (AvgIpc) is 2.46. The van der Waals surface area contributed by atoms with Crippen molar-refractivity contribution in [1.29, 1.82) is 0 Å². The lowest BCUT2D eigenvalue weighted by molar-refractivity contribution is -0.153. The Balaban J connectivity index is 2.16. The molecule has 1 aromatic rings. The smallest absolute Gasteiger partial charge is 0.375 e. The second-order valence-corrected chi connectivity index (χ2v) is 4.67. The Morgan fingerprint density at radius 1 is 1.33 bits per heavy atom. The number of hydrogen-bond donors (Lipinski definition) is 1. The molecule has 1 aliphatic heterocycles. The van der Waals surface area contributed by atoms with E-state index in [2.05, 4.69) is 4.74 Å². The van der Waals surface area contributed by atoms with E-state index in [1.807, 2.05) is 0 Å². The van der Waals surface area contributed by atoms with E-state index < -0.39 is 24.0 Å². The van der Waals surface area contributed by atoms with Gasteiger partial charge in [-0.15, -0.1) is 0 Å². The van der Waals surface area contributed by atoms with E-state index in [0.717, 1.165) is 18.4 Å². The third kappa shape index (κ3) is 3.39. The molecule has 0 aliphatic carbocycles. The van der Waals surface area contributed by atoms with Crippen LogP contribution in [0.25, 0.3) is 0 Å². The lowest BCUT2D eigenvalue weighted by Crippen LogP contribution is -2.21. The number of phenols is 1. The molecule has 0 atom stereocenters. The lowest BCUT2D eigenvalue weighted by atomic mass is 9.99. The molecule has 1 N–H and O–H groups in total. The van der Waals surface area contributed by atoms with Crippen LogP contribution >= 0.6 is 0 Å². The Hall–Kier alpha value is -2.37. The van der Waals surface area contributed by atoms with Gasteiger partial charge in [0.15, 0.2) is 5.78 Å². The Kier molecular flexibility index (Phi) is 4.57. The molecule has 0 fully saturated rings. The number of esters is 1. The lowest BCUT2D eigenvalue weighted by Gasteiger charge is -2.18. The number of carbonyl (C=O) groups excluding carboxylic acids is 3. The van der Waals surface area contributed by atoms with Crippen molar-refractivity contribution < 1.29 is 29.0 Å². The molecule has 6 nitrogen and oxygen atoms in total. The number of phenolic OH excluding ortho intramolecular Hbond substituents is 1. The van der Waals surface area contributed by atoms with Crippen LogP contribution in [0.3, 0.4) is 0 Å². The summed E-state index contributed by atoms with van der Waals surface area (Å²) in [6.45, 7) is 2.18. The topological polar surface area (TPSA) is 89.9 Å². The summed E-state index contributed by atoms with van der Waals surface area (Å²) in [6, 6.07) is 2.89. The zero-order chi connectivity index (χ0) is 15.4. The van der Waals surface area contributed by atoms with Gasteiger partial charge >= 0.3 is 5.97 Å². The summed E-state index contributed by atoms with van der Waals surface area (Å²) >= 11 is 0. The van der Waals surface area contributed by atoms with Gasteiger partial charge in [-0.2, -0.15) is 0 Å². The largest absolute Gasteiger partial charge is 0.507 e. The van der Waals surface area contributed by atoms with E-state index in [-0.39, 0.29) is 17.9 Å². The standard InChI is InChI=1S/C15H16O6/c1-2-20-15(19)13(18)8-12(17)10-7-14-9(6-11(10)16)4-3-5-21-14/h6-7,16H,2-5,8H2,1H3. The SMILES string of the molecule is CCOC(=O)C(=O)CC(=O)c1cc2c(cc1O)CCCO2. The van der Waals surface area contributed by atoms with Crippen LogP contribution < -0.4 is 4.74 Å². The van der Waals surface area contributed by atoms with E-state index in [9.17, 15) is 19.5 Å². The molecular weight excluding hydrogens is 276 g/mol. The Morgan fingerprint density at radius 2 is 2.10 bits per heavy atom. The highest BCUT2D eigenvalue weighted by molar-refractivity contribution is 6.38. The summed E-state index contributed by atoms with van der Waals surface area (Å²) in [4.78, 5) is 34.8. The molecule has 21 heavy (non-hydrogen) atoms. The Morgan fingerprint density at radius 3 is 2.81 bits per heavy atom. The maximum atomic E-state index is 12.0. The average molecular weight is 292 g/mol. The van der Waals surface area contributed by atoms with Crippen LogP contribution in [-0.2, 0) is 20.7 Å². The molecule has 0 unspecified atom stereocenters. The van der Waals surface area contributed by atoms with Gasteiger partial charge in [-0.1, -0.05) is 0 Å². The molecule has 112 valence electrons. The number of ketones is 2. The van der Waals surface area contributed by atoms with Gasteiger partial charge in [-0.3, -0.25) is 9.59 Å². The number of rotatable bonds is 5. The number of hydrogen-bond acceptors (Lipinski definition) is 6. The van der Waals surface area contributed by atoms with Gasteiger partial charge in [0.2, 0.25) is 5.78 Å². The first kappa shape index (κ1) is 15.0. The number of aromatic hydroxyl groups is 1. The van der Waals surface area contributed by atoms with Gasteiger partial charge in [0.05, 0.1) is 25.2 Å². The van der Waals surface area contributed by atoms with Crippen LogP contribution in [0.2, 0.25) is 0 Å². The Bertz CT molecular complexity index is 590. The first-order valence-electron chi connectivity index (χ1n) is 6.74. The number of Topliss-reactive ketones (excluding diaryl/α,β-unsaturated/α-hetero) is 2. The minimum atomic E-state index is -1.04. The van der Waals surface area contributed by atoms with Crippen molar-refractivity contribution in [3.05, 3.63) is 23.3 Å². The van der Waals surface area contributed by atoms with Crippen molar-refractivity contribution in [3.8, 4) is 11.5 Å². The maximum Gasteiger partial charge on any atom is 0.375 e. The molecule has 0 saturated carbocycles.